The Hall–Kier alpha value is -1.26. The topological polar surface area (TPSA) is 48.9 Å². The van der Waals surface area contributed by atoms with Crippen LogP contribution in [0.2, 0.25) is 0 Å². The molecular formula is C11H21N3O2. The van der Waals surface area contributed by atoms with E-state index in [1.807, 2.05) is 0 Å². The molecule has 1 rings (SSSR count). The van der Waals surface area contributed by atoms with Crippen LogP contribution in [0.4, 0.5) is 0 Å². The minimum Gasteiger partial charge on any atom is -0.246 e. The van der Waals surface area contributed by atoms with Gasteiger partial charge in [-0.15, -0.1) is 0 Å². The normalized spacial score (nSPS) is 10.9. The van der Waals surface area contributed by atoms with E-state index >= 15 is 0 Å². The third kappa shape index (κ3) is 2.46. The second-order valence-corrected chi connectivity index (χ2v) is 4.08. The Balaban J connectivity index is 3.07. The molecule has 5 nitrogen and oxygen atoms in total. The molecule has 0 spiro atoms. The Morgan fingerprint density at radius 1 is 0.875 bits per heavy atom. The highest BCUT2D eigenvalue weighted by molar-refractivity contribution is 4.72. The molecule has 92 valence electrons. The molecule has 0 radical (unpaired) electrons. The van der Waals surface area contributed by atoms with Gasteiger partial charge in [-0.3, -0.25) is 0 Å². The molecule has 0 atom stereocenters. The van der Waals surface area contributed by atoms with Gasteiger partial charge in [-0.25, -0.2) is 23.5 Å². The van der Waals surface area contributed by atoms with Crippen LogP contribution in [0.25, 0.3) is 0 Å². The smallest absolute Gasteiger partial charge is 0.246 e. The van der Waals surface area contributed by atoms with Gasteiger partial charge in [-0.2, -0.15) is 0 Å². The molecule has 1 aromatic rings. The summed E-state index contributed by atoms with van der Waals surface area (Å²) in [6.07, 6.45) is 3.89. The zero-order chi connectivity index (χ0) is 12.1. The summed E-state index contributed by atoms with van der Waals surface area (Å²) in [5, 5.41) is 0. The fraction of sp³-hybridized carbons (Fsp3) is 0.818. The first-order valence-corrected chi connectivity index (χ1v) is 6.00. The standard InChI is InChI=1S/C11H21N3O2/c1-4-6-8-13-10(15)12(3)11(16)14(13)9-7-5-2/h4-9H2,1-3H3. The van der Waals surface area contributed by atoms with Crippen LogP contribution in [-0.2, 0) is 20.1 Å². The SMILES string of the molecule is CCCCn1c(=O)n(C)c(=O)n1CCCC. The van der Waals surface area contributed by atoms with E-state index in [9.17, 15) is 9.59 Å². The Morgan fingerprint density at radius 2 is 1.25 bits per heavy atom. The molecule has 0 saturated heterocycles. The van der Waals surface area contributed by atoms with Gasteiger partial charge in [0.2, 0.25) is 0 Å². The molecule has 0 aliphatic rings. The maximum Gasteiger partial charge on any atom is 0.346 e. The molecular weight excluding hydrogens is 206 g/mol. The van der Waals surface area contributed by atoms with Crippen LogP contribution in [-0.4, -0.2) is 13.9 Å². The van der Waals surface area contributed by atoms with Crippen molar-refractivity contribution in [3.05, 3.63) is 21.0 Å². The van der Waals surface area contributed by atoms with Crippen LogP contribution in [0.15, 0.2) is 9.59 Å². The fourth-order valence-corrected chi connectivity index (χ4v) is 1.68. The predicted molar refractivity (Wildman–Crippen MR) is 63.7 cm³/mol. The van der Waals surface area contributed by atoms with Crippen molar-refractivity contribution in [3.8, 4) is 0 Å². The molecule has 0 aliphatic heterocycles. The van der Waals surface area contributed by atoms with Gasteiger partial charge in [0.15, 0.2) is 0 Å². The average molecular weight is 227 g/mol. The highest BCUT2D eigenvalue weighted by Crippen LogP contribution is 1.94. The lowest BCUT2D eigenvalue weighted by atomic mass is 10.3. The van der Waals surface area contributed by atoms with Gasteiger partial charge in [-0.05, 0) is 12.8 Å². The lowest BCUT2D eigenvalue weighted by Crippen LogP contribution is -2.27. The highest BCUT2D eigenvalue weighted by Gasteiger charge is 2.11. The summed E-state index contributed by atoms with van der Waals surface area (Å²) in [6, 6.07) is 0. The van der Waals surface area contributed by atoms with Crippen LogP contribution >= 0.6 is 0 Å². The molecule has 1 heterocycles. The second kappa shape index (κ2) is 5.72. The Bertz CT molecular complexity index is 400. The van der Waals surface area contributed by atoms with E-state index in [0.717, 1.165) is 25.7 Å². The molecule has 0 unspecified atom stereocenters. The zero-order valence-electron chi connectivity index (χ0n) is 10.4. The molecule has 0 aliphatic carbocycles. The van der Waals surface area contributed by atoms with Crippen molar-refractivity contribution in [1.29, 1.82) is 0 Å². The molecule has 0 saturated carbocycles. The molecule has 0 N–H and O–H groups in total. The first-order chi connectivity index (χ1) is 7.63. The molecule has 5 heteroatoms. The summed E-state index contributed by atoms with van der Waals surface area (Å²) in [5.74, 6) is 0. The van der Waals surface area contributed by atoms with Gasteiger partial charge >= 0.3 is 11.4 Å². The third-order valence-electron chi connectivity index (χ3n) is 2.75. The highest BCUT2D eigenvalue weighted by atomic mass is 16.2. The monoisotopic (exact) mass is 227 g/mol. The van der Waals surface area contributed by atoms with Crippen molar-refractivity contribution in [3.63, 3.8) is 0 Å². The van der Waals surface area contributed by atoms with Crippen molar-refractivity contribution in [2.45, 2.75) is 52.6 Å². The van der Waals surface area contributed by atoms with Crippen molar-refractivity contribution in [2.75, 3.05) is 0 Å². The van der Waals surface area contributed by atoms with Gasteiger partial charge < -0.3 is 0 Å². The second-order valence-electron chi connectivity index (χ2n) is 4.08. The van der Waals surface area contributed by atoms with Crippen LogP contribution in [0.1, 0.15) is 39.5 Å². The quantitative estimate of drug-likeness (QED) is 0.726. The van der Waals surface area contributed by atoms with E-state index in [1.165, 1.54) is 11.6 Å². The minimum absolute atomic E-state index is 0.199. The van der Waals surface area contributed by atoms with E-state index in [4.69, 9.17) is 0 Å². The molecule has 0 aromatic carbocycles. The van der Waals surface area contributed by atoms with Gasteiger partial charge in [0, 0.05) is 20.1 Å². The summed E-state index contributed by atoms with van der Waals surface area (Å²) in [6.45, 7) is 5.41. The maximum atomic E-state index is 11.8. The van der Waals surface area contributed by atoms with Crippen molar-refractivity contribution in [1.82, 2.24) is 13.9 Å². The molecule has 0 amide bonds. The van der Waals surface area contributed by atoms with E-state index in [2.05, 4.69) is 13.8 Å². The van der Waals surface area contributed by atoms with Crippen LogP contribution < -0.4 is 11.4 Å². The van der Waals surface area contributed by atoms with Crippen molar-refractivity contribution < 1.29 is 0 Å². The van der Waals surface area contributed by atoms with Crippen LogP contribution in [0.5, 0.6) is 0 Å². The van der Waals surface area contributed by atoms with Gasteiger partial charge in [0.1, 0.15) is 0 Å². The summed E-state index contributed by atoms with van der Waals surface area (Å²) in [7, 11) is 1.54. The number of rotatable bonds is 6. The number of aromatic nitrogens is 3. The Morgan fingerprint density at radius 3 is 1.56 bits per heavy atom. The average Bonchev–Trinajstić information content (AvgIpc) is 2.49. The molecule has 0 bridgehead atoms. The van der Waals surface area contributed by atoms with Gasteiger partial charge in [0.25, 0.3) is 0 Å². The number of nitrogens with zero attached hydrogens (tertiary/aromatic N) is 3. The molecule has 1 aromatic heterocycles. The first-order valence-electron chi connectivity index (χ1n) is 6.00. The lowest BCUT2D eigenvalue weighted by Gasteiger charge is -2.07. The molecule has 0 fully saturated rings. The summed E-state index contributed by atoms with van der Waals surface area (Å²) >= 11 is 0. The number of hydrogen-bond donors (Lipinski definition) is 0. The lowest BCUT2D eigenvalue weighted by molar-refractivity contribution is 0.410. The summed E-state index contributed by atoms with van der Waals surface area (Å²) < 4.78 is 4.33. The Labute approximate surface area is 95.3 Å². The van der Waals surface area contributed by atoms with E-state index in [-0.39, 0.29) is 11.4 Å². The van der Waals surface area contributed by atoms with Gasteiger partial charge in [0.05, 0.1) is 0 Å². The van der Waals surface area contributed by atoms with Gasteiger partial charge in [-0.1, -0.05) is 26.7 Å². The van der Waals surface area contributed by atoms with Crippen LogP contribution in [0.3, 0.4) is 0 Å². The Kier molecular flexibility index (Phi) is 4.58. The van der Waals surface area contributed by atoms with E-state index in [0.29, 0.717) is 13.1 Å². The number of hydrogen-bond acceptors (Lipinski definition) is 2. The fourth-order valence-electron chi connectivity index (χ4n) is 1.68. The molecule has 16 heavy (non-hydrogen) atoms. The zero-order valence-corrected chi connectivity index (χ0v) is 10.4. The summed E-state index contributed by atoms with van der Waals surface area (Å²) in [5.41, 5.74) is -0.399. The number of unbranched alkanes of at least 4 members (excludes halogenated alkanes) is 2. The van der Waals surface area contributed by atoms with E-state index in [1.54, 1.807) is 9.36 Å². The largest absolute Gasteiger partial charge is 0.346 e. The first kappa shape index (κ1) is 12.8. The maximum absolute atomic E-state index is 11.8. The minimum atomic E-state index is -0.199. The predicted octanol–water partition coefficient (Wildman–Crippen LogP) is 0.949. The van der Waals surface area contributed by atoms with E-state index < -0.39 is 0 Å². The van der Waals surface area contributed by atoms with Crippen molar-refractivity contribution in [2.24, 2.45) is 7.05 Å². The summed E-state index contributed by atoms with van der Waals surface area (Å²) in [4.78, 5) is 23.6. The van der Waals surface area contributed by atoms with Crippen LogP contribution in [0, 0.1) is 0 Å². The third-order valence-corrected chi connectivity index (χ3v) is 2.75. The van der Waals surface area contributed by atoms with Crippen molar-refractivity contribution >= 4 is 0 Å².